The molecule has 0 aliphatic carbocycles. The van der Waals surface area contributed by atoms with Crippen LogP contribution in [-0.4, -0.2) is 34.2 Å². The molecule has 2 rings (SSSR count). The lowest BCUT2D eigenvalue weighted by molar-refractivity contribution is -0.119. The number of benzene rings is 2. The molecule has 0 unspecified atom stereocenters. The van der Waals surface area contributed by atoms with Crippen molar-refractivity contribution in [1.29, 1.82) is 0 Å². The van der Waals surface area contributed by atoms with Crippen LogP contribution in [0.4, 0.5) is 5.69 Å². The van der Waals surface area contributed by atoms with Crippen molar-refractivity contribution in [1.82, 2.24) is 5.32 Å². The zero-order valence-corrected chi connectivity index (χ0v) is 16.5. The number of anilines is 1. The Balaban J connectivity index is 2.05. The van der Waals surface area contributed by atoms with Gasteiger partial charge in [0.2, 0.25) is 5.91 Å². The van der Waals surface area contributed by atoms with E-state index in [1.165, 1.54) is 19.2 Å². The van der Waals surface area contributed by atoms with Gasteiger partial charge in [-0.05, 0) is 29.8 Å². The minimum absolute atomic E-state index is 0.0263. The van der Waals surface area contributed by atoms with Gasteiger partial charge in [0.15, 0.2) is 9.84 Å². The molecule has 6 nitrogen and oxygen atoms in total. The third kappa shape index (κ3) is 5.27. The number of ether oxygens (including phenoxy) is 1. The number of amides is 1. The fourth-order valence-corrected chi connectivity index (χ4v) is 3.99. The van der Waals surface area contributed by atoms with E-state index < -0.39 is 9.84 Å². The molecule has 0 spiro atoms. The molecule has 0 aromatic heterocycles. The van der Waals surface area contributed by atoms with Crippen LogP contribution in [0, 0.1) is 0 Å². The van der Waals surface area contributed by atoms with Gasteiger partial charge in [-0.2, -0.15) is 0 Å². The van der Waals surface area contributed by atoms with Crippen LogP contribution in [-0.2, 0) is 21.2 Å². The zero-order valence-electron chi connectivity index (χ0n) is 14.2. The summed E-state index contributed by atoms with van der Waals surface area (Å²) in [5.41, 5.74) is 1.13. The van der Waals surface area contributed by atoms with Crippen molar-refractivity contribution < 1.29 is 17.9 Å². The third-order valence-corrected chi connectivity index (χ3v) is 5.40. The first-order valence-corrected chi connectivity index (χ1v) is 10.2. The first kappa shape index (κ1) is 20.4. The van der Waals surface area contributed by atoms with Gasteiger partial charge in [0, 0.05) is 17.8 Å². The van der Waals surface area contributed by atoms with Crippen LogP contribution in [0.15, 0.2) is 41.3 Å². The second-order valence-electron chi connectivity index (χ2n) is 5.49. The SMILES string of the molecule is COc1ccc(NCC(=O)NCc2ccc(Cl)cc2)c(S(C)(=O)=O)c1Cl. The monoisotopic (exact) mass is 416 g/mol. The molecule has 0 saturated heterocycles. The molecule has 2 aromatic rings. The van der Waals surface area contributed by atoms with Crippen molar-refractivity contribution in [3.05, 3.63) is 52.0 Å². The highest BCUT2D eigenvalue weighted by Crippen LogP contribution is 2.36. The molecular formula is C17H18Cl2N2O4S. The Morgan fingerprint density at radius 2 is 1.77 bits per heavy atom. The summed E-state index contributed by atoms with van der Waals surface area (Å²) in [6.45, 7) is 0.221. The van der Waals surface area contributed by atoms with Gasteiger partial charge < -0.3 is 15.4 Å². The maximum Gasteiger partial charge on any atom is 0.239 e. The molecule has 0 bridgehead atoms. The van der Waals surface area contributed by atoms with Crippen LogP contribution >= 0.6 is 23.2 Å². The molecule has 2 aromatic carbocycles. The number of halogens is 2. The minimum Gasteiger partial charge on any atom is -0.495 e. The number of carbonyl (C=O) groups excluding carboxylic acids is 1. The molecule has 0 radical (unpaired) electrons. The Hall–Kier alpha value is -1.96. The highest BCUT2D eigenvalue weighted by atomic mass is 35.5. The molecule has 0 aliphatic heterocycles. The number of carbonyl (C=O) groups is 1. The molecule has 2 N–H and O–H groups in total. The summed E-state index contributed by atoms with van der Waals surface area (Å²) in [5, 5.41) is 6.13. The van der Waals surface area contributed by atoms with E-state index in [4.69, 9.17) is 27.9 Å². The molecule has 140 valence electrons. The fraction of sp³-hybridized carbons (Fsp3) is 0.235. The van der Waals surface area contributed by atoms with Gasteiger partial charge in [0.05, 0.1) is 19.3 Å². The topological polar surface area (TPSA) is 84.5 Å². The Labute approximate surface area is 162 Å². The van der Waals surface area contributed by atoms with E-state index in [0.717, 1.165) is 11.8 Å². The van der Waals surface area contributed by atoms with E-state index >= 15 is 0 Å². The highest BCUT2D eigenvalue weighted by Gasteiger charge is 2.21. The van der Waals surface area contributed by atoms with Crippen molar-refractivity contribution in [2.24, 2.45) is 0 Å². The zero-order chi connectivity index (χ0) is 19.3. The van der Waals surface area contributed by atoms with E-state index in [1.807, 2.05) is 0 Å². The van der Waals surface area contributed by atoms with Gasteiger partial charge in [-0.3, -0.25) is 4.79 Å². The van der Waals surface area contributed by atoms with Crippen molar-refractivity contribution in [3.8, 4) is 5.75 Å². The predicted octanol–water partition coefficient (Wildman–Crippen LogP) is 3.13. The van der Waals surface area contributed by atoms with Crippen LogP contribution in [0.3, 0.4) is 0 Å². The predicted molar refractivity (Wildman–Crippen MR) is 103 cm³/mol. The third-order valence-electron chi connectivity index (χ3n) is 3.49. The highest BCUT2D eigenvalue weighted by molar-refractivity contribution is 7.91. The van der Waals surface area contributed by atoms with Crippen LogP contribution in [0.2, 0.25) is 10.0 Å². The Kier molecular flexibility index (Phi) is 6.75. The lowest BCUT2D eigenvalue weighted by Gasteiger charge is -2.14. The average Bonchev–Trinajstić information content (AvgIpc) is 2.58. The second kappa shape index (κ2) is 8.62. The molecule has 9 heteroatoms. The van der Waals surface area contributed by atoms with Gasteiger partial charge in [-0.15, -0.1) is 0 Å². The molecule has 0 fully saturated rings. The average molecular weight is 417 g/mol. The normalized spacial score (nSPS) is 11.1. The lowest BCUT2D eigenvalue weighted by atomic mass is 10.2. The summed E-state index contributed by atoms with van der Waals surface area (Å²) >= 11 is 11.9. The first-order valence-electron chi connectivity index (χ1n) is 7.54. The maximum absolute atomic E-state index is 12.0. The van der Waals surface area contributed by atoms with Gasteiger partial charge >= 0.3 is 0 Å². The van der Waals surface area contributed by atoms with Crippen LogP contribution in [0.25, 0.3) is 0 Å². The molecule has 26 heavy (non-hydrogen) atoms. The Morgan fingerprint density at radius 1 is 1.12 bits per heavy atom. The number of hydrogen-bond donors (Lipinski definition) is 2. The summed E-state index contributed by atoms with van der Waals surface area (Å²) < 4.78 is 29.1. The number of sulfone groups is 1. The second-order valence-corrected chi connectivity index (χ2v) is 8.25. The standard InChI is InChI=1S/C17H18Cl2N2O4S/c1-25-14-8-7-13(17(16(14)19)26(2,23)24)20-10-15(22)21-9-11-3-5-12(18)6-4-11/h3-8,20H,9-10H2,1-2H3,(H,21,22). The van der Waals surface area contributed by atoms with Gasteiger partial charge in [0.25, 0.3) is 0 Å². The van der Waals surface area contributed by atoms with E-state index in [2.05, 4.69) is 10.6 Å². The van der Waals surface area contributed by atoms with E-state index in [1.54, 1.807) is 24.3 Å². The number of nitrogens with one attached hydrogen (secondary N) is 2. The molecule has 0 atom stereocenters. The molecule has 0 aliphatic rings. The van der Waals surface area contributed by atoms with E-state index in [9.17, 15) is 13.2 Å². The fourth-order valence-electron chi connectivity index (χ4n) is 2.24. The summed E-state index contributed by atoms with van der Waals surface area (Å²) in [6.07, 6.45) is 1.04. The number of methoxy groups -OCH3 is 1. The smallest absolute Gasteiger partial charge is 0.239 e. The molecule has 1 amide bonds. The van der Waals surface area contributed by atoms with E-state index in [-0.39, 0.29) is 33.8 Å². The van der Waals surface area contributed by atoms with Crippen LogP contribution in [0.1, 0.15) is 5.56 Å². The van der Waals surface area contributed by atoms with Crippen molar-refractivity contribution in [2.45, 2.75) is 11.4 Å². The van der Waals surface area contributed by atoms with E-state index in [0.29, 0.717) is 11.6 Å². The maximum atomic E-state index is 12.0. The van der Waals surface area contributed by atoms with Crippen LogP contribution < -0.4 is 15.4 Å². The summed E-state index contributed by atoms with van der Waals surface area (Å²) in [5.74, 6) is -0.0591. The van der Waals surface area contributed by atoms with Gasteiger partial charge in [-0.1, -0.05) is 35.3 Å². The quantitative estimate of drug-likeness (QED) is 0.723. The summed E-state index contributed by atoms with van der Waals surface area (Å²) in [6, 6.07) is 10.1. The lowest BCUT2D eigenvalue weighted by Crippen LogP contribution is -2.29. The molecule has 0 saturated carbocycles. The van der Waals surface area contributed by atoms with Gasteiger partial charge in [-0.25, -0.2) is 8.42 Å². The number of hydrogen-bond acceptors (Lipinski definition) is 5. The largest absolute Gasteiger partial charge is 0.495 e. The summed E-state index contributed by atoms with van der Waals surface area (Å²) in [4.78, 5) is 11.9. The van der Waals surface area contributed by atoms with Crippen LogP contribution in [0.5, 0.6) is 5.75 Å². The van der Waals surface area contributed by atoms with Crippen molar-refractivity contribution in [2.75, 3.05) is 25.2 Å². The van der Waals surface area contributed by atoms with Crippen molar-refractivity contribution in [3.63, 3.8) is 0 Å². The Morgan fingerprint density at radius 3 is 2.35 bits per heavy atom. The van der Waals surface area contributed by atoms with Gasteiger partial charge in [0.1, 0.15) is 15.7 Å². The first-order chi connectivity index (χ1) is 12.2. The molecular weight excluding hydrogens is 399 g/mol. The summed E-state index contributed by atoms with van der Waals surface area (Å²) in [7, 11) is -2.23. The molecule has 0 heterocycles. The number of rotatable bonds is 7. The minimum atomic E-state index is -3.62. The van der Waals surface area contributed by atoms with Crippen molar-refractivity contribution >= 4 is 44.6 Å². The Bertz CT molecular complexity index is 900.